The zero-order valence-electron chi connectivity index (χ0n) is 10.8. The van der Waals surface area contributed by atoms with Crippen LogP contribution < -0.4 is 9.64 Å². The van der Waals surface area contributed by atoms with Crippen LogP contribution in [0.3, 0.4) is 0 Å². The molecule has 0 aromatic heterocycles. The SMILES string of the molecule is COc1ccc(N2C(=O)C[C@@H](C(C)C=O)C2=O)cc1. The molecule has 1 heterocycles. The number of hydrogen-bond acceptors (Lipinski definition) is 4. The summed E-state index contributed by atoms with van der Waals surface area (Å²) in [5, 5.41) is 0. The molecule has 1 aromatic rings. The Kier molecular flexibility index (Phi) is 3.64. The molecule has 5 nitrogen and oxygen atoms in total. The van der Waals surface area contributed by atoms with Gasteiger partial charge in [-0.15, -0.1) is 0 Å². The molecule has 0 saturated carbocycles. The number of imide groups is 1. The summed E-state index contributed by atoms with van der Waals surface area (Å²) >= 11 is 0. The lowest BCUT2D eigenvalue weighted by Crippen LogP contribution is -2.32. The molecule has 1 aromatic carbocycles. The van der Waals surface area contributed by atoms with E-state index in [9.17, 15) is 14.4 Å². The third-order valence-corrected chi connectivity index (χ3v) is 3.36. The van der Waals surface area contributed by atoms with Gasteiger partial charge in [0.2, 0.25) is 11.8 Å². The Balaban J connectivity index is 2.26. The molecule has 1 fully saturated rings. The molecule has 0 radical (unpaired) electrons. The average molecular weight is 261 g/mol. The maximum atomic E-state index is 12.2. The van der Waals surface area contributed by atoms with Crippen LogP contribution in [-0.2, 0) is 14.4 Å². The standard InChI is InChI=1S/C14H15NO4/c1-9(8-16)12-7-13(17)15(14(12)18)10-3-5-11(19-2)6-4-10/h3-6,8-9,12H,7H2,1-2H3/t9?,12-/m0/s1. The second kappa shape index (κ2) is 5.22. The van der Waals surface area contributed by atoms with E-state index in [0.717, 1.165) is 4.90 Å². The number of rotatable bonds is 4. The van der Waals surface area contributed by atoms with Gasteiger partial charge in [-0.1, -0.05) is 6.92 Å². The summed E-state index contributed by atoms with van der Waals surface area (Å²) in [4.78, 5) is 36.0. The van der Waals surface area contributed by atoms with E-state index in [4.69, 9.17) is 4.74 Å². The topological polar surface area (TPSA) is 63.7 Å². The minimum atomic E-state index is -0.549. The Morgan fingerprint density at radius 3 is 2.47 bits per heavy atom. The Labute approximate surface area is 111 Å². The number of anilines is 1. The van der Waals surface area contributed by atoms with Gasteiger partial charge in [-0.25, -0.2) is 0 Å². The quantitative estimate of drug-likeness (QED) is 0.607. The molecule has 1 aliphatic rings. The lowest BCUT2D eigenvalue weighted by atomic mass is 9.94. The summed E-state index contributed by atoms with van der Waals surface area (Å²) in [5.41, 5.74) is 0.511. The average Bonchev–Trinajstić information content (AvgIpc) is 2.73. The summed E-state index contributed by atoms with van der Waals surface area (Å²) in [6.07, 6.45) is 0.804. The van der Waals surface area contributed by atoms with Gasteiger partial charge >= 0.3 is 0 Å². The van der Waals surface area contributed by atoms with Crippen LogP contribution >= 0.6 is 0 Å². The lowest BCUT2D eigenvalue weighted by Gasteiger charge is -2.16. The third kappa shape index (κ3) is 2.36. The predicted molar refractivity (Wildman–Crippen MR) is 68.8 cm³/mol. The second-order valence-electron chi connectivity index (χ2n) is 4.57. The second-order valence-corrected chi connectivity index (χ2v) is 4.57. The van der Waals surface area contributed by atoms with Crippen molar-refractivity contribution in [2.24, 2.45) is 11.8 Å². The molecule has 1 aliphatic heterocycles. The van der Waals surface area contributed by atoms with Crippen LogP contribution in [0.5, 0.6) is 5.75 Å². The number of methoxy groups -OCH3 is 1. The fraction of sp³-hybridized carbons (Fsp3) is 0.357. The summed E-state index contributed by atoms with van der Waals surface area (Å²) in [5.74, 6) is -0.920. The largest absolute Gasteiger partial charge is 0.497 e. The summed E-state index contributed by atoms with van der Waals surface area (Å²) in [6.45, 7) is 1.65. The van der Waals surface area contributed by atoms with E-state index in [1.165, 1.54) is 0 Å². The van der Waals surface area contributed by atoms with Gasteiger partial charge in [0.05, 0.1) is 18.7 Å². The highest BCUT2D eigenvalue weighted by Crippen LogP contribution is 2.31. The van der Waals surface area contributed by atoms with Crippen LogP contribution in [0, 0.1) is 11.8 Å². The van der Waals surface area contributed by atoms with Crippen molar-refractivity contribution in [3.05, 3.63) is 24.3 Å². The van der Waals surface area contributed by atoms with Crippen molar-refractivity contribution < 1.29 is 19.1 Å². The Bertz CT molecular complexity index is 509. The van der Waals surface area contributed by atoms with Gasteiger partial charge in [0.25, 0.3) is 0 Å². The molecule has 1 saturated heterocycles. The highest BCUT2D eigenvalue weighted by atomic mass is 16.5. The number of carbonyl (C=O) groups excluding carboxylic acids is 3. The predicted octanol–water partition coefficient (Wildman–Crippen LogP) is 1.41. The van der Waals surface area contributed by atoms with Gasteiger partial charge in [-0.05, 0) is 24.3 Å². The van der Waals surface area contributed by atoms with Gasteiger partial charge in [-0.3, -0.25) is 14.5 Å². The first-order chi connectivity index (χ1) is 9.08. The molecule has 2 rings (SSSR count). The van der Waals surface area contributed by atoms with E-state index in [1.54, 1.807) is 38.3 Å². The monoisotopic (exact) mass is 261 g/mol. The van der Waals surface area contributed by atoms with Gasteiger partial charge in [0.1, 0.15) is 12.0 Å². The smallest absolute Gasteiger partial charge is 0.238 e. The van der Waals surface area contributed by atoms with E-state index in [1.807, 2.05) is 0 Å². The van der Waals surface area contributed by atoms with Crippen molar-refractivity contribution in [3.8, 4) is 5.75 Å². The molecule has 0 spiro atoms. The van der Waals surface area contributed by atoms with Crippen LogP contribution in [-0.4, -0.2) is 25.2 Å². The Morgan fingerprint density at radius 2 is 1.95 bits per heavy atom. The van der Waals surface area contributed by atoms with Crippen molar-refractivity contribution in [1.29, 1.82) is 0 Å². The number of aldehydes is 1. The fourth-order valence-corrected chi connectivity index (χ4v) is 2.16. The Hall–Kier alpha value is -2.17. The first kappa shape index (κ1) is 13.3. The molecule has 0 N–H and O–H groups in total. The third-order valence-electron chi connectivity index (χ3n) is 3.36. The lowest BCUT2D eigenvalue weighted by molar-refractivity contribution is -0.125. The molecule has 100 valence electrons. The van der Waals surface area contributed by atoms with Crippen LogP contribution in [0.1, 0.15) is 13.3 Å². The van der Waals surface area contributed by atoms with E-state index < -0.39 is 11.8 Å². The van der Waals surface area contributed by atoms with E-state index in [2.05, 4.69) is 0 Å². The Morgan fingerprint density at radius 1 is 1.32 bits per heavy atom. The highest BCUT2D eigenvalue weighted by molar-refractivity contribution is 6.21. The zero-order chi connectivity index (χ0) is 14.0. The highest BCUT2D eigenvalue weighted by Gasteiger charge is 2.42. The van der Waals surface area contributed by atoms with E-state index in [-0.39, 0.29) is 18.2 Å². The minimum Gasteiger partial charge on any atom is -0.497 e. The molecule has 2 atom stereocenters. The molecule has 1 unspecified atom stereocenters. The van der Waals surface area contributed by atoms with Crippen LogP contribution in [0.4, 0.5) is 5.69 Å². The van der Waals surface area contributed by atoms with Crippen molar-refractivity contribution in [2.75, 3.05) is 12.0 Å². The molecular weight excluding hydrogens is 246 g/mol. The maximum absolute atomic E-state index is 12.2. The summed E-state index contributed by atoms with van der Waals surface area (Å²) in [6, 6.07) is 6.68. The molecule has 0 bridgehead atoms. The molecule has 0 aliphatic carbocycles. The number of benzene rings is 1. The van der Waals surface area contributed by atoms with E-state index >= 15 is 0 Å². The van der Waals surface area contributed by atoms with Gasteiger partial charge in [-0.2, -0.15) is 0 Å². The molecule has 2 amide bonds. The zero-order valence-corrected chi connectivity index (χ0v) is 10.8. The number of hydrogen-bond donors (Lipinski definition) is 0. The minimum absolute atomic E-state index is 0.0881. The normalized spacial score (nSPS) is 20.5. The van der Waals surface area contributed by atoms with Crippen LogP contribution in [0.15, 0.2) is 24.3 Å². The van der Waals surface area contributed by atoms with E-state index in [0.29, 0.717) is 17.7 Å². The van der Waals surface area contributed by atoms with Gasteiger partial charge in [0, 0.05) is 12.3 Å². The number of amides is 2. The van der Waals surface area contributed by atoms with Crippen molar-refractivity contribution in [1.82, 2.24) is 0 Å². The summed E-state index contributed by atoms with van der Waals surface area (Å²) in [7, 11) is 1.54. The number of carbonyl (C=O) groups is 3. The van der Waals surface area contributed by atoms with Gasteiger partial charge < -0.3 is 9.53 Å². The van der Waals surface area contributed by atoms with Crippen LogP contribution in [0.25, 0.3) is 0 Å². The van der Waals surface area contributed by atoms with Gasteiger partial charge in [0.15, 0.2) is 0 Å². The molecular formula is C14H15NO4. The van der Waals surface area contributed by atoms with Crippen molar-refractivity contribution in [3.63, 3.8) is 0 Å². The first-order valence-corrected chi connectivity index (χ1v) is 6.04. The van der Waals surface area contributed by atoms with Crippen molar-refractivity contribution in [2.45, 2.75) is 13.3 Å². The fourth-order valence-electron chi connectivity index (χ4n) is 2.16. The van der Waals surface area contributed by atoms with Crippen molar-refractivity contribution >= 4 is 23.8 Å². The van der Waals surface area contributed by atoms with Crippen LogP contribution in [0.2, 0.25) is 0 Å². The molecule has 5 heteroatoms. The molecule has 19 heavy (non-hydrogen) atoms. The summed E-state index contributed by atoms with van der Waals surface area (Å²) < 4.78 is 5.03. The first-order valence-electron chi connectivity index (χ1n) is 6.04. The number of ether oxygens (including phenoxy) is 1. The maximum Gasteiger partial charge on any atom is 0.238 e. The number of nitrogens with zero attached hydrogens (tertiary/aromatic N) is 1.